The fourth-order valence-corrected chi connectivity index (χ4v) is 4.90. The molecule has 0 saturated carbocycles. The highest BCUT2D eigenvalue weighted by Crippen LogP contribution is 2.34. The Morgan fingerprint density at radius 2 is 1.78 bits per heavy atom. The van der Waals surface area contributed by atoms with Crippen LogP contribution in [0.1, 0.15) is 0 Å². The van der Waals surface area contributed by atoms with Crippen molar-refractivity contribution in [1.82, 2.24) is 0 Å². The lowest BCUT2D eigenvalue weighted by Gasteiger charge is -2.16. The number of hydrogen-bond acceptors (Lipinski definition) is 3. The normalized spacial score (nSPS) is 11.8. The van der Waals surface area contributed by atoms with Crippen molar-refractivity contribution < 1.29 is 8.42 Å². The summed E-state index contributed by atoms with van der Waals surface area (Å²) in [6, 6.07) is 9.24. The van der Waals surface area contributed by atoms with Crippen LogP contribution in [0, 0.1) is 3.57 Å². The Morgan fingerprint density at radius 3 is 2.33 bits per heavy atom. The molecule has 0 saturated heterocycles. The SMILES string of the molecule is CN(C)c1cccc2c(S(=O)(=O)Cl)c(I)ccc12. The van der Waals surface area contributed by atoms with E-state index in [4.69, 9.17) is 10.7 Å². The Bertz CT molecular complexity index is 713. The highest BCUT2D eigenvalue weighted by atomic mass is 127. The lowest BCUT2D eigenvalue weighted by molar-refractivity contribution is 0.610. The van der Waals surface area contributed by atoms with Crippen LogP contribution in [0.3, 0.4) is 0 Å². The molecule has 2 rings (SSSR count). The summed E-state index contributed by atoms with van der Waals surface area (Å²) < 4.78 is 24.0. The van der Waals surface area contributed by atoms with Crippen molar-refractivity contribution in [2.45, 2.75) is 4.90 Å². The Labute approximate surface area is 124 Å². The van der Waals surface area contributed by atoms with Gasteiger partial charge >= 0.3 is 0 Å². The quantitative estimate of drug-likeness (QED) is 0.577. The summed E-state index contributed by atoms with van der Waals surface area (Å²) in [6.45, 7) is 0. The first-order valence-corrected chi connectivity index (χ1v) is 8.54. The molecule has 2 aromatic carbocycles. The second kappa shape index (κ2) is 4.86. The first-order valence-electron chi connectivity index (χ1n) is 5.15. The summed E-state index contributed by atoms with van der Waals surface area (Å²) in [4.78, 5) is 2.13. The van der Waals surface area contributed by atoms with E-state index in [-0.39, 0.29) is 4.90 Å². The molecule has 6 heteroatoms. The number of benzene rings is 2. The molecule has 0 aliphatic carbocycles. The van der Waals surface area contributed by atoms with Gasteiger partial charge in [-0.3, -0.25) is 0 Å². The van der Waals surface area contributed by atoms with Gasteiger partial charge in [0.25, 0.3) is 9.05 Å². The number of rotatable bonds is 2. The Hall–Kier alpha value is -0.530. The first kappa shape index (κ1) is 13.9. The predicted octanol–water partition coefficient (Wildman–Crippen LogP) is 3.44. The molecule has 0 aromatic heterocycles. The standard InChI is InChI=1S/C12H11ClINO2S/c1-15(2)11-5-3-4-9-8(11)6-7-10(14)12(9)18(13,16)17/h3-7H,1-2H3. The maximum atomic E-state index is 11.7. The van der Waals surface area contributed by atoms with Gasteiger partial charge < -0.3 is 4.90 Å². The van der Waals surface area contributed by atoms with Crippen molar-refractivity contribution >= 4 is 58.8 Å². The molecule has 18 heavy (non-hydrogen) atoms. The molecule has 2 aromatic rings. The molecule has 0 N–H and O–H groups in total. The van der Waals surface area contributed by atoms with E-state index in [1.165, 1.54) is 0 Å². The molecule has 0 radical (unpaired) electrons. The molecule has 0 aliphatic rings. The number of halogens is 2. The van der Waals surface area contributed by atoms with E-state index in [2.05, 4.69) is 0 Å². The molecule has 0 atom stereocenters. The van der Waals surface area contributed by atoms with Crippen LogP contribution in [0.15, 0.2) is 35.2 Å². The molecule has 0 amide bonds. The topological polar surface area (TPSA) is 37.4 Å². The third kappa shape index (κ3) is 2.44. The summed E-state index contributed by atoms with van der Waals surface area (Å²) in [6.07, 6.45) is 0. The van der Waals surface area contributed by atoms with Crippen LogP contribution in [0.4, 0.5) is 5.69 Å². The van der Waals surface area contributed by atoms with Crippen molar-refractivity contribution in [3.05, 3.63) is 33.9 Å². The number of anilines is 1. The zero-order valence-electron chi connectivity index (χ0n) is 9.81. The highest BCUT2D eigenvalue weighted by molar-refractivity contribution is 14.1. The van der Waals surface area contributed by atoms with Gasteiger partial charge in [0.05, 0.1) is 0 Å². The van der Waals surface area contributed by atoms with Crippen LogP contribution in [-0.4, -0.2) is 22.5 Å². The fraction of sp³-hybridized carbons (Fsp3) is 0.167. The van der Waals surface area contributed by atoms with Crippen molar-refractivity contribution in [3.8, 4) is 0 Å². The first-order chi connectivity index (χ1) is 8.32. The van der Waals surface area contributed by atoms with Crippen LogP contribution >= 0.6 is 33.3 Å². The maximum Gasteiger partial charge on any atom is 0.262 e. The molecule has 0 bridgehead atoms. The van der Waals surface area contributed by atoms with Crippen LogP contribution in [-0.2, 0) is 9.05 Å². The molecule has 3 nitrogen and oxygen atoms in total. The number of nitrogens with zero attached hydrogens (tertiary/aromatic N) is 1. The van der Waals surface area contributed by atoms with E-state index in [0.29, 0.717) is 8.96 Å². The Balaban J connectivity index is 2.96. The number of fused-ring (bicyclic) bond motifs is 1. The lowest BCUT2D eigenvalue weighted by Crippen LogP contribution is -2.09. The average molecular weight is 396 g/mol. The largest absolute Gasteiger partial charge is 0.377 e. The van der Waals surface area contributed by atoms with Gasteiger partial charge in [0.1, 0.15) is 4.90 Å². The second-order valence-electron chi connectivity index (χ2n) is 4.08. The van der Waals surface area contributed by atoms with Crippen molar-refractivity contribution in [2.75, 3.05) is 19.0 Å². The van der Waals surface area contributed by atoms with Gasteiger partial charge in [-0.1, -0.05) is 18.2 Å². The van der Waals surface area contributed by atoms with Crippen LogP contribution in [0.5, 0.6) is 0 Å². The van der Waals surface area contributed by atoms with E-state index >= 15 is 0 Å². The molecular formula is C12H11ClINO2S. The van der Waals surface area contributed by atoms with Crippen molar-refractivity contribution in [3.63, 3.8) is 0 Å². The predicted molar refractivity (Wildman–Crippen MR) is 84.0 cm³/mol. The van der Waals surface area contributed by atoms with Crippen molar-refractivity contribution in [1.29, 1.82) is 0 Å². The van der Waals surface area contributed by atoms with Gasteiger partial charge in [0.2, 0.25) is 0 Å². The smallest absolute Gasteiger partial charge is 0.262 e. The lowest BCUT2D eigenvalue weighted by atomic mass is 10.1. The molecule has 0 spiro atoms. The highest BCUT2D eigenvalue weighted by Gasteiger charge is 2.19. The summed E-state index contributed by atoms with van der Waals surface area (Å²) in [7, 11) is 5.61. The van der Waals surface area contributed by atoms with E-state index in [1.807, 2.05) is 59.8 Å². The van der Waals surface area contributed by atoms with Crippen LogP contribution in [0.25, 0.3) is 10.8 Å². The zero-order valence-corrected chi connectivity index (χ0v) is 13.5. The Morgan fingerprint density at radius 1 is 1.11 bits per heavy atom. The summed E-state index contributed by atoms with van der Waals surface area (Å²) in [5.41, 5.74) is 0.963. The molecule has 0 aliphatic heterocycles. The molecule has 0 fully saturated rings. The van der Waals surface area contributed by atoms with E-state index < -0.39 is 9.05 Å². The van der Waals surface area contributed by atoms with Crippen molar-refractivity contribution in [2.24, 2.45) is 0 Å². The third-order valence-corrected chi connectivity index (χ3v) is 5.32. The van der Waals surface area contributed by atoms with Gasteiger partial charge in [-0.25, -0.2) is 8.42 Å². The molecule has 0 unspecified atom stereocenters. The molecule has 96 valence electrons. The minimum atomic E-state index is -3.76. The third-order valence-electron chi connectivity index (χ3n) is 2.67. The van der Waals surface area contributed by atoms with E-state index in [1.54, 1.807) is 12.1 Å². The van der Waals surface area contributed by atoms with E-state index in [9.17, 15) is 8.42 Å². The molecule has 0 heterocycles. The summed E-state index contributed by atoms with van der Waals surface area (Å²) >= 11 is 1.99. The van der Waals surface area contributed by atoms with Gasteiger partial charge in [-0.2, -0.15) is 0 Å². The van der Waals surface area contributed by atoms with E-state index in [0.717, 1.165) is 11.1 Å². The van der Waals surface area contributed by atoms with Gasteiger partial charge in [0.15, 0.2) is 0 Å². The minimum Gasteiger partial charge on any atom is -0.377 e. The summed E-state index contributed by atoms with van der Waals surface area (Å²) in [5.74, 6) is 0. The fourth-order valence-electron chi connectivity index (χ4n) is 1.92. The minimum absolute atomic E-state index is 0.186. The van der Waals surface area contributed by atoms with Gasteiger partial charge in [-0.15, -0.1) is 0 Å². The monoisotopic (exact) mass is 395 g/mol. The average Bonchev–Trinajstić information content (AvgIpc) is 2.25. The maximum absolute atomic E-state index is 11.7. The zero-order chi connectivity index (χ0) is 13.5. The second-order valence-corrected chi connectivity index (χ2v) is 7.75. The van der Waals surface area contributed by atoms with Crippen LogP contribution in [0.2, 0.25) is 0 Å². The van der Waals surface area contributed by atoms with Crippen LogP contribution < -0.4 is 4.90 Å². The van der Waals surface area contributed by atoms with Gasteiger partial charge in [-0.05, 0) is 34.7 Å². The number of hydrogen-bond donors (Lipinski definition) is 0. The summed E-state index contributed by atoms with van der Waals surface area (Å²) in [5, 5.41) is 1.53. The van der Waals surface area contributed by atoms with Gasteiger partial charge in [0, 0.05) is 44.8 Å². The Kier molecular flexibility index (Phi) is 3.75. The molecular weight excluding hydrogens is 385 g/mol.